The van der Waals surface area contributed by atoms with Gasteiger partial charge >= 0.3 is 18.2 Å². The lowest BCUT2D eigenvalue weighted by atomic mass is 9.87. The second-order valence-corrected chi connectivity index (χ2v) is 5.64. The van der Waals surface area contributed by atoms with Crippen LogP contribution in [0.3, 0.4) is 0 Å². The standard InChI is InChI=1S/C16H26N2O7/c1-5-10(6-2)25-12-8-9(14(19)20)7-11(17-15(21)23-3)13(12)18-16(22)24-4/h8,10-13H,5-7H2,1-4H3,(H,17,21)(H,18,22)(H,19,20)/t11-,12+,13+/m0/s1. The second kappa shape index (κ2) is 9.87. The molecule has 0 bridgehead atoms. The summed E-state index contributed by atoms with van der Waals surface area (Å²) >= 11 is 0. The van der Waals surface area contributed by atoms with Crippen LogP contribution < -0.4 is 10.6 Å². The SMILES string of the molecule is CCC(CC)O[C@@H]1C=C(C(=O)O)C[C@H](NC(=O)OC)[C@H]1NC(=O)OC. The molecule has 0 aromatic heterocycles. The van der Waals surface area contributed by atoms with E-state index in [-0.39, 0.29) is 18.1 Å². The van der Waals surface area contributed by atoms with Crippen LogP contribution in [0.4, 0.5) is 9.59 Å². The van der Waals surface area contributed by atoms with E-state index >= 15 is 0 Å². The zero-order chi connectivity index (χ0) is 19.0. The number of carbonyl (C=O) groups excluding carboxylic acids is 2. The van der Waals surface area contributed by atoms with Gasteiger partial charge in [0.15, 0.2) is 0 Å². The summed E-state index contributed by atoms with van der Waals surface area (Å²) < 4.78 is 15.2. The van der Waals surface area contributed by atoms with Crippen LogP contribution in [0.2, 0.25) is 0 Å². The molecule has 9 heteroatoms. The fraction of sp³-hybridized carbons (Fsp3) is 0.688. The normalized spacial score (nSPS) is 22.8. The lowest BCUT2D eigenvalue weighted by Gasteiger charge is -2.37. The van der Waals surface area contributed by atoms with Crippen LogP contribution in [0.5, 0.6) is 0 Å². The average molecular weight is 358 g/mol. The van der Waals surface area contributed by atoms with Crippen molar-refractivity contribution >= 4 is 18.2 Å². The van der Waals surface area contributed by atoms with Gasteiger partial charge in [-0.3, -0.25) is 0 Å². The number of carboxylic acids is 1. The Morgan fingerprint density at radius 2 is 1.72 bits per heavy atom. The molecule has 9 nitrogen and oxygen atoms in total. The summed E-state index contributed by atoms with van der Waals surface area (Å²) in [6.45, 7) is 3.90. The highest BCUT2D eigenvalue weighted by Gasteiger charge is 2.39. The van der Waals surface area contributed by atoms with Crippen molar-refractivity contribution < 1.29 is 33.7 Å². The number of carboxylic acid groups (broad SMARTS) is 1. The number of aliphatic carboxylic acids is 1. The zero-order valence-electron chi connectivity index (χ0n) is 14.9. The number of methoxy groups -OCH3 is 2. The number of rotatable bonds is 7. The van der Waals surface area contributed by atoms with Gasteiger partial charge < -0.3 is 30.0 Å². The van der Waals surface area contributed by atoms with E-state index in [1.165, 1.54) is 20.3 Å². The van der Waals surface area contributed by atoms with Gasteiger partial charge in [0.2, 0.25) is 0 Å². The highest BCUT2D eigenvalue weighted by atomic mass is 16.5. The molecule has 2 amide bonds. The number of nitrogens with one attached hydrogen (secondary N) is 2. The monoisotopic (exact) mass is 358 g/mol. The molecule has 142 valence electrons. The molecule has 1 aliphatic carbocycles. The van der Waals surface area contributed by atoms with E-state index in [0.717, 1.165) is 12.8 Å². The Bertz CT molecular complexity index is 517. The zero-order valence-corrected chi connectivity index (χ0v) is 14.9. The van der Waals surface area contributed by atoms with Crippen LogP contribution in [0.1, 0.15) is 33.1 Å². The second-order valence-electron chi connectivity index (χ2n) is 5.64. The van der Waals surface area contributed by atoms with Crippen LogP contribution in [-0.4, -0.2) is 61.8 Å². The van der Waals surface area contributed by atoms with Gasteiger partial charge in [0, 0.05) is 12.0 Å². The van der Waals surface area contributed by atoms with Crippen molar-refractivity contribution in [1.82, 2.24) is 10.6 Å². The van der Waals surface area contributed by atoms with Crippen molar-refractivity contribution in [2.24, 2.45) is 0 Å². The number of amides is 2. The third-order valence-corrected chi connectivity index (χ3v) is 4.09. The summed E-state index contributed by atoms with van der Waals surface area (Å²) in [6, 6.07) is -1.42. The van der Waals surface area contributed by atoms with Gasteiger partial charge in [-0.1, -0.05) is 13.8 Å². The lowest BCUT2D eigenvalue weighted by Crippen LogP contribution is -2.59. The molecule has 3 N–H and O–H groups in total. The molecule has 0 heterocycles. The van der Waals surface area contributed by atoms with Crippen molar-refractivity contribution in [3.63, 3.8) is 0 Å². The first-order chi connectivity index (χ1) is 11.9. The number of alkyl carbamates (subject to hydrolysis) is 2. The summed E-state index contributed by atoms with van der Waals surface area (Å²) in [7, 11) is 2.42. The van der Waals surface area contributed by atoms with E-state index in [1.807, 2.05) is 13.8 Å². The highest BCUT2D eigenvalue weighted by molar-refractivity contribution is 5.87. The van der Waals surface area contributed by atoms with Crippen molar-refractivity contribution in [2.45, 2.75) is 57.4 Å². The molecule has 0 aromatic carbocycles. The molecule has 1 aliphatic rings. The number of ether oxygens (including phenoxy) is 3. The van der Waals surface area contributed by atoms with Crippen LogP contribution >= 0.6 is 0 Å². The Hall–Kier alpha value is -2.29. The van der Waals surface area contributed by atoms with Gasteiger partial charge in [-0.15, -0.1) is 0 Å². The van der Waals surface area contributed by atoms with E-state index in [9.17, 15) is 19.5 Å². The lowest BCUT2D eigenvalue weighted by molar-refractivity contribution is -0.133. The molecular formula is C16H26N2O7. The minimum atomic E-state index is -1.11. The van der Waals surface area contributed by atoms with E-state index < -0.39 is 36.3 Å². The van der Waals surface area contributed by atoms with Crippen molar-refractivity contribution in [2.75, 3.05) is 14.2 Å². The maximum atomic E-state index is 11.7. The molecule has 3 atom stereocenters. The topological polar surface area (TPSA) is 123 Å². The molecule has 0 saturated heterocycles. The molecule has 0 spiro atoms. The summed E-state index contributed by atoms with van der Waals surface area (Å²) in [4.78, 5) is 34.7. The molecular weight excluding hydrogens is 332 g/mol. The van der Waals surface area contributed by atoms with Gasteiger partial charge in [-0.25, -0.2) is 14.4 Å². The average Bonchev–Trinajstić information content (AvgIpc) is 2.60. The van der Waals surface area contributed by atoms with Crippen LogP contribution in [-0.2, 0) is 19.0 Å². The van der Waals surface area contributed by atoms with Crippen molar-refractivity contribution in [3.8, 4) is 0 Å². The molecule has 0 fully saturated rings. The Kier molecular flexibility index (Phi) is 8.20. The molecule has 0 saturated carbocycles. The summed E-state index contributed by atoms with van der Waals surface area (Å²) in [5.74, 6) is -1.11. The largest absolute Gasteiger partial charge is 0.478 e. The minimum Gasteiger partial charge on any atom is -0.478 e. The Morgan fingerprint density at radius 3 is 2.20 bits per heavy atom. The first-order valence-electron chi connectivity index (χ1n) is 8.14. The quantitative estimate of drug-likeness (QED) is 0.629. The van der Waals surface area contributed by atoms with Gasteiger partial charge in [-0.2, -0.15) is 0 Å². The molecule has 25 heavy (non-hydrogen) atoms. The summed E-state index contributed by atoms with van der Waals surface area (Å²) in [5, 5.41) is 14.5. The van der Waals surface area contributed by atoms with Gasteiger partial charge in [0.1, 0.15) is 0 Å². The number of carbonyl (C=O) groups is 3. The van der Waals surface area contributed by atoms with E-state index in [4.69, 9.17) is 4.74 Å². The molecule has 1 rings (SSSR count). The fourth-order valence-electron chi connectivity index (χ4n) is 2.68. The van der Waals surface area contributed by atoms with E-state index in [1.54, 1.807) is 0 Å². The molecule has 0 aliphatic heterocycles. The Morgan fingerprint density at radius 1 is 1.16 bits per heavy atom. The third kappa shape index (κ3) is 5.93. The summed E-state index contributed by atoms with van der Waals surface area (Å²) in [6.07, 6.45) is 0.660. The molecule has 0 unspecified atom stereocenters. The van der Waals surface area contributed by atoms with E-state index in [2.05, 4.69) is 20.1 Å². The fourth-order valence-corrected chi connectivity index (χ4v) is 2.68. The highest BCUT2D eigenvalue weighted by Crippen LogP contribution is 2.24. The Balaban J connectivity index is 3.16. The first kappa shape index (κ1) is 20.8. The maximum Gasteiger partial charge on any atom is 0.407 e. The van der Waals surface area contributed by atoms with Crippen LogP contribution in [0.15, 0.2) is 11.6 Å². The van der Waals surface area contributed by atoms with Crippen LogP contribution in [0, 0.1) is 0 Å². The third-order valence-electron chi connectivity index (χ3n) is 4.09. The Labute approximate surface area is 146 Å². The van der Waals surface area contributed by atoms with Gasteiger partial charge in [-0.05, 0) is 18.9 Å². The minimum absolute atomic E-state index is 0.0157. The molecule has 0 radical (unpaired) electrons. The summed E-state index contributed by atoms with van der Waals surface area (Å²) in [5.41, 5.74) is 0.0975. The smallest absolute Gasteiger partial charge is 0.407 e. The number of hydrogen-bond donors (Lipinski definition) is 3. The van der Waals surface area contributed by atoms with E-state index in [0.29, 0.717) is 0 Å². The number of hydrogen-bond acceptors (Lipinski definition) is 6. The van der Waals surface area contributed by atoms with Crippen LogP contribution in [0.25, 0.3) is 0 Å². The predicted molar refractivity (Wildman–Crippen MR) is 88.2 cm³/mol. The predicted octanol–water partition coefficient (Wildman–Crippen LogP) is 1.42. The van der Waals surface area contributed by atoms with Crippen molar-refractivity contribution in [1.29, 1.82) is 0 Å². The maximum absolute atomic E-state index is 11.7. The first-order valence-corrected chi connectivity index (χ1v) is 8.14. The van der Waals surface area contributed by atoms with Gasteiger partial charge in [0.05, 0.1) is 38.5 Å². The molecule has 0 aromatic rings. The van der Waals surface area contributed by atoms with Gasteiger partial charge in [0.25, 0.3) is 0 Å². The van der Waals surface area contributed by atoms with Crippen molar-refractivity contribution in [3.05, 3.63) is 11.6 Å².